The van der Waals surface area contributed by atoms with Gasteiger partial charge >= 0.3 is 5.97 Å². The van der Waals surface area contributed by atoms with Crippen molar-refractivity contribution in [3.05, 3.63) is 64.0 Å². The molecule has 2 heterocycles. The van der Waals surface area contributed by atoms with Crippen LogP contribution >= 0.6 is 11.3 Å². The highest BCUT2D eigenvalue weighted by Gasteiger charge is 2.27. The monoisotopic (exact) mass is 477 g/mol. The van der Waals surface area contributed by atoms with Crippen molar-refractivity contribution in [1.82, 2.24) is 9.80 Å². The molecule has 0 atom stereocenters. The molecular formula is C27H31N3O3S. The van der Waals surface area contributed by atoms with Gasteiger partial charge in [0.05, 0.1) is 19.2 Å². The van der Waals surface area contributed by atoms with Crippen LogP contribution < -0.4 is 5.32 Å². The topological polar surface area (TPSA) is 61.9 Å². The number of hydrogen-bond acceptors (Lipinski definition) is 6. The number of carbonyl (C=O) groups excluding carboxylic acids is 2. The number of benzene rings is 2. The molecule has 1 amide bonds. The van der Waals surface area contributed by atoms with Gasteiger partial charge in [-0.15, -0.1) is 11.3 Å². The number of nitrogens with one attached hydrogen (secondary N) is 1. The number of esters is 1. The molecule has 178 valence electrons. The van der Waals surface area contributed by atoms with Crippen molar-refractivity contribution in [3.63, 3.8) is 0 Å². The minimum absolute atomic E-state index is 0.0637. The molecule has 3 aromatic rings. The Morgan fingerprint density at radius 3 is 2.53 bits per heavy atom. The zero-order valence-electron chi connectivity index (χ0n) is 19.6. The van der Waals surface area contributed by atoms with E-state index in [9.17, 15) is 9.59 Å². The van der Waals surface area contributed by atoms with Crippen LogP contribution in [0.1, 0.15) is 39.2 Å². The molecule has 1 aromatic heterocycles. The van der Waals surface area contributed by atoms with Gasteiger partial charge in [0, 0.05) is 37.6 Å². The summed E-state index contributed by atoms with van der Waals surface area (Å²) in [4.78, 5) is 31.2. The second kappa shape index (κ2) is 10.3. The second-order valence-electron chi connectivity index (χ2n) is 9.15. The number of carbonyl (C=O) groups is 2. The number of nitrogens with zero attached hydrogens (tertiary/aromatic N) is 2. The number of thiophene rings is 1. The van der Waals surface area contributed by atoms with E-state index in [1.54, 1.807) is 0 Å². The maximum Gasteiger partial charge on any atom is 0.341 e. The van der Waals surface area contributed by atoms with E-state index in [1.807, 2.05) is 0 Å². The third-order valence-electron chi connectivity index (χ3n) is 6.92. The van der Waals surface area contributed by atoms with Crippen LogP contribution in [-0.4, -0.2) is 61.5 Å². The van der Waals surface area contributed by atoms with Gasteiger partial charge in [0.25, 0.3) is 0 Å². The molecule has 6 nitrogen and oxygen atoms in total. The van der Waals surface area contributed by atoms with E-state index in [0.29, 0.717) is 17.1 Å². The van der Waals surface area contributed by atoms with Gasteiger partial charge in [-0.25, -0.2) is 4.79 Å². The number of methoxy groups -OCH3 is 1. The zero-order valence-corrected chi connectivity index (χ0v) is 20.5. The Morgan fingerprint density at radius 1 is 0.971 bits per heavy atom. The predicted molar refractivity (Wildman–Crippen MR) is 137 cm³/mol. The molecule has 1 saturated heterocycles. The average molecular weight is 478 g/mol. The van der Waals surface area contributed by atoms with Gasteiger partial charge in [-0.2, -0.15) is 0 Å². The van der Waals surface area contributed by atoms with Crippen molar-refractivity contribution in [2.24, 2.45) is 0 Å². The lowest BCUT2D eigenvalue weighted by Gasteiger charge is -2.34. The van der Waals surface area contributed by atoms with E-state index in [2.05, 4.69) is 57.6 Å². The minimum atomic E-state index is -0.350. The number of hydrogen-bond donors (Lipinski definition) is 1. The second-order valence-corrected chi connectivity index (χ2v) is 10.3. The molecule has 0 spiro atoms. The highest BCUT2D eigenvalue weighted by atomic mass is 32.1. The quantitative estimate of drug-likeness (QED) is 0.536. The third-order valence-corrected chi connectivity index (χ3v) is 8.13. The molecule has 2 aliphatic rings. The number of piperazine rings is 1. The summed E-state index contributed by atoms with van der Waals surface area (Å²) in [5.41, 5.74) is 2.98. The molecule has 0 bridgehead atoms. The lowest BCUT2D eigenvalue weighted by atomic mass is 9.95. The van der Waals surface area contributed by atoms with Crippen LogP contribution in [0, 0.1) is 0 Å². The lowest BCUT2D eigenvalue weighted by Crippen LogP contribution is -2.48. The maximum absolute atomic E-state index is 12.9. The van der Waals surface area contributed by atoms with E-state index < -0.39 is 0 Å². The molecule has 1 aliphatic heterocycles. The molecule has 34 heavy (non-hydrogen) atoms. The smallest absolute Gasteiger partial charge is 0.341 e. The van der Waals surface area contributed by atoms with E-state index in [-0.39, 0.29) is 11.9 Å². The van der Waals surface area contributed by atoms with Gasteiger partial charge in [-0.3, -0.25) is 14.6 Å². The van der Waals surface area contributed by atoms with Crippen molar-refractivity contribution in [3.8, 4) is 0 Å². The highest BCUT2D eigenvalue weighted by molar-refractivity contribution is 7.17. The van der Waals surface area contributed by atoms with Gasteiger partial charge in [0.1, 0.15) is 5.00 Å². The summed E-state index contributed by atoms with van der Waals surface area (Å²) in [5, 5.41) is 6.26. The van der Waals surface area contributed by atoms with Crippen molar-refractivity contribution >= 4 is 39.0 Å². The molecule has 0 radical (unpaired) electrons. The van der Waals surface area contributed by atoms with Crippen LogP contribution in [-0.2, 0) is 28.9 Å². The summed E-state index contributed by atoms with van der Waals surface area (Å²) >= 11 is 1.54. The Hall–Kier alpha value is -2.74. The first kappa shape index (κ1) is 23.0. The van der Waals surface area contributed by atoms with Gasteiger partial charge in [-0.1, -0.05) is 42.5 Å². The van der Waals surface area contributed by atoms with Crippen LogP contribution in [0.3, 0.4) is 0 Å². The molecule has 1 aliphatic carbocycles. The Labute approximate surface area is 204 Å². The fourth-order valence-electron chi connectivity index (χ4n) is 5.12. The number of fused-ring (bicyclic) bond motifs is 2. The fourth-order valence-corrected chi connectivity index (χ4v) is 6.41. The van der Waals surface area contributed by atoms with E-state index in [1.165, 1.54) is 39.7 Å². The van der Waals surface area contributed by atoms with Gasteiger partial charge in [0.2, 0.25) is 5.91 Å². The molecule has 5 rings (SSSR count). The van der Waals surface area contributed by atoms with Gasteiger partial charge in [-0.05, 0) is 47.6 Å². The van der Waals surface area contributed by atoms with Crippen LogP contribution in [0.2, 0.25) is 0 Å². The van der Waals surface area contributed by atoms with E-state index >= 15 is 0 Å². The van der Waals surface area contributed by atoms with Gasteiger partial charge < -0.3 is 10.1 Å². The first-order chi connectivity index (χ1) is 16.6. The molecule has 0 unspecified atom stereocenters. The summed E-state index contributed by atoms with van der Waals surface area (Å²) < 4.78 is 5.02. The number of ether oxygens (including phenoxy) is 1. The predicted octanol–water partition coefficient (Wildman–Crippen LogP) is 4.32. The highest BCUT2D eigenvalue weighted by Crippen LogP contribution is 2.38. The SMILES string of the molecule is COC(=O)c1c(NC(=O)CN2CCN(Cc3cccc4ccccc34)CC2)sc2c1CCCC2. The number of amides is 1. The summed E-state index contributed by atoms with van der Waals surface area (Å²) in [6.45, 7) is 4.82. The van der Waals surface area contributed by atoms with Crippen LogP contribution in [0.5, 0.6) is 0 Å². The maximum atomic E-state index is 12.9. The standard InChI is InChI=1S/C27H31N3O3S/c1-33-27(32)25-22-11-4-5-12-23(22)34-26(25)28-24(31)18-30-15-13-29(14-16-30)17-20-9-6-8-19-7-2-3-10-21(19)20/h2-3,6-10H,4-5,11-18H2,1H3,(H,28,31). The molecule has 0 saturated carbocycles. The Kier molecular flexibility index (Phi) is 6.94. The third kappa shape index (κ3) is 4.87. The van der Waals surface area contributed by atoms with Crippen molar-refractivity contribution < 1.29 is 14.3 Å². The van der Waals surface area contributed by atoms with Crippen molar-refractivity contribution in [2.45, 2.75) is 32.2 Å². The minimum Gasteiger partial charge on any atom is -0.465 e. The summed E-state index contributed by atoms with van der Waals surface area (Å²) in [6.07, 6.45) is 4.05. The largest absolute Gasteiger partial charge is 0.465 e. The van der Waals surface area contributed by atoms with Crippen LogP contribution in [0.15, 0.2) is 42.5 Å². The molecule has 7 heteroatoms. The van der Waals surface area contributed by atoms with E-state index in [0.717, 1.165) is 64.0 Å². The number of anilines is 1. The normalized spacial score (nSPS) is 16.9. The Bertz CT molecular complexity index is 1190. The van der Waals surface area contributed by atoms with E-state index in [4.69, 9.17) is 4.74 Å². The first-order valence-corrected chi connectivity index (χ1v) is 12.9. The number of aryl methyl sites for hydroxylation is 1. The zero-order chi connectivity index (χ0) is 23.5. The lowest BCUT2D eigenvalue weighted by molar-refractivity contribution is -0.117. The van der Waals surface area contributed by atoms with Crippen molar-refractivity contribution in [2.75, 3.05) is 45.2 Å². The molecular weight excluding hydrogens is 446 g/mol. The van der Waals surface area contributed by atoms with Crippen molar-refractivity contribution in [1.29, 1.82) is 0 Å². The molecule has 2 aromatic carbocycles. The van der Waals surface area contributed by atoms with Crippen LogP contribution in [0.4, 0.5) is 5.00 Å². The average Bonchev–Trinajstić information content (AvgIpc) is 3.22. The Balaban J connectivity index is 1.18. The molecule has 1 N–H and O–H groups in total. The fraction of sp³-hybridized carbons (Fsp3) is 0.407. The van der Waals surface area contributed by atoms with Gasteiger partial charge in [0.15, 0.2) is 0 Å². The summed E-state index contributed by atoms with van der Waals surface area (Å²) in [7, 11) is 1.40. The van der Waals surface area contributed by atoms with Crippen LogP contribution in [0.25, 0.3) is 10.8 Å². The first-order valence-electron chi connectivity index (χ1n) is 12.1. The number of rotatable bonds is 6. The molecule has 1 fully saturated rings. The summed E-state index contributed by atoms with van der Waals surface area (Å²) in [6, 6.07) is 15.0. The Morgan fingerprint density at radius 2 is 1.71 bits per heavy atom. The summed E-state index contributed by atoms with van der Waals surface area (Å²) in [5.74, 6) is -0.414.